The highest BCUT2D eigenvalue weighted by Crippen LogP contribution is 2.34. The Morgan fingerprint density at radius 1 is 0.970 bits per heavy atom. The summed E-state index contributed by atoms with van der Waals surface area (Å²) in [6.07, 6.45) is -0.900. The van der Waals surface area contributed by atoms with Gasteiger partial charge in [0.05, 0.1) is 28.5 Å². The minimum absolute atomic E-state index is 0.319. The van der Waals surface area contributed by atoms with Gasteiger partial charge in [-0.25, -0.2) is 15.0 Å². The van der Waals surface area contributed by atoms with Crippen molar-refractivity contribution in [3.63, 3.8) is 0 Å². The summed E-state index contributed by atoms with van der Waals surface area (Å²) in [6, 6.07) is 8.87. The molecule has 0 radical (unpaired) electrons. The van der Waals surface area contributed by atoms with E-state index in [2.05, 4.69) is 15.3 Å². The molecule has 7 nitrogen and oxygen atoms in total. The van der Waals surface area contributed by atoms with Gasteiger partial charge in [-0.3, -0.25) is 9.30 Å². The predicted molar refractivity (Wildman–Crippen MR) is 123 cm³/mol. The van der Waals surface area contributed by atoms with Crippen molar-refractivity contribution in [2.24, 2.45) is 0 Å². The molecule has 0 saturated carbocycles. The molecule has 1 aliphatic heterocycles. The quantitative estimate of drug-likeness (QED) is 0.429. The average molecular weight is 496 g/mol. The lowest BCUT2D eigenvalue weighted by molar-refractivity contribution is -0.146. The van der Waals surface area contributed by atoms with Gasteiger partial charge in [-0.15, -0.1) is 0 Å². The van der Waals surface area contributed by atoms with Crippen LogP contribution in [0.3, 0.4) is 0 Å². The number of nitrogens with zero attached hydrogens (tertiary/aromatic N) is 6. The van der Waals surface area contributed by atoms with Gasteiger partial charge in [0.2, 0.25) is 0 Å². The number of hydrogen-bond donors (Lipinski definition) is 1. The lowest BCUT2D eigenvalue weighted by Gasteiger charge is -2.35. The normalized spacial score (nSPS) is 15.5. The van der Waals surface area contributed by atoms with Gasteiger partial charge in [0.1, 0.15) is 23.2 Å². The zero-order valence-electron chi connectivity index (χ0n) is 17.2. The van der Waals surface area contributed by atoms with Gasteiger partial charge in [0, 0.05) is 26.2 Å². The minimum atomic E-state index is -4.19. The Morgan fingerprint density at radius 2 is 1.70 bits per heavy atom. The van der Waals surface area contributed by atoms with Crippen LogP contribution in [0.15, 0.2) is 42.9 Å². The number of fused-ring (bicyclic) bond motifs is 3. The average Bonchev–Trinajstić information content (AvgIpc) is 3.26. The fraction of sp³-hybridized carbons (Fsp3) is 0.286. The Balaban J connectivity index is 1.45. The molecule has 3 aromatic heterocycles. The predicted octanol–water partition coefficient (Wildman–Crippen LogP) is 5.01. The van der Waals surface area contributed by atoms with Crippen molar-refractivity contribution >= 4 is 57.2 Å². The largest absolute Gasteiger partial charge is 0.401 e. The van der Waals surface area contributed by atoms with Gasteiger partial charge in [-0.05, 0) is 24.3 Å². The van der Waals surface area contributed by atoms with Gasteiger partial charge in [-0.2, -0.15) is 13.2 Å². The van der Waals surface area contributed by atoms with E-state index in [4.69, 9.17) is 28.2 Å². The molecule has 0 aliphatic carbocycles. The second kappa shape index (κ2) is 8.51. The topological polar surface area (TPSA) is 61.6 Å². The summed E-state index contributed by atoms with van der Waals surface area (Å²) in [5, 5.41) is 4.11. The zero-order valence-corrected chi connectivity index (χ0v) is 18.7. The highest BCUT2D eigenvalue weighted by atomic mass is 35.5. The van der Waals surface area contributed by atoms with Crippen molar-refractivity contribution in [2.75, 3.05) is 42.9 Å². The van der Waals surface area contributed by atoms with Crippen LogP contribution in [0, 0.1) is 0 Å². The van der Waals surface area contributed by atoms with Gasteiger partial charge in [-0.1, -0.05) is 29.3 Å². The first kappa shape index (κ1) is 22.0. The first-order valence-electron chi connectivity index (χ1n) is 10.2. The molecule has 1 aromatic carbocycles. The molecule has 4 heterocycles. The monoisotopic (exact) mass is 495 g/mol. The fourth-order valence-corrected chi connectivity index (χ4v) is 4.40. The number of alkyl halides is 3. The second-order valence-electron chi connectivity index (χ2n) is 7.72. The third kappa shape index (κ3) is 4.50. The summed E-state index contributed by atoms with van der Waals surface area (Å²) < 4.78 is 39.8. The number of pyridine rings is 1. The summed E-state index contributed by atoms with van der Waals surface area (Å²) in [6.45, 7) is 0.662. The molecule has 0 spiro atoms. The Kier molecular flexibility index (Phi) is 5.67. The number of nitrogens with one attached hydrogen (secondary N) is 1. The number of para-hydroxylation sites is 1. The molecular formula is C21H18Cl2F3N7. The molecule has 0 atom stereocenters. The van der Waals surface area contributed by atoms with Crippen molar-refractivity contribution < 1.29 is 13.2 Å². The van der Waals surface area contributed by atoms with Crippen LogP contribution >= 0.6 is 23.2 Å². The van der Waals surface area contributed by atoms with Crippen LogP contribution < -0.4 is 10.2 Å². The number of rotatable bonds is 4. The van der Waals surface area contributed by atoms with Gasteiger partial charge >= 0.3 is 6.18 Å². The zero-order chi connectivity index (χ0) is 23.2. The summed E-state index contributed by atoms with van der Waals surface area (Å²) in [5.41, 5.74) is 2.43. The lowest BCUT2D eigenvalue weighted by Crippen LogP contribution is -2.49. The first-order chi connectivity index (χ1) is 15.8. The van der Waals surface area contributed by atoms with Gasteiger partial charge in [0.15, 0.2) is 11.5 Å². The van der Waals surface area contributed by atoms with E-state index in [-0.39, 0.29) is 0 Å². The molecule has 0 bridgehead atoms. The number of halogens is 5. The highest BCUT2D eigenvalue weighted by Gasteiger charge is 2.32. The summed E-state index contributed by atoms with van der Waals surface area (Å²) >= 11 is 12.6. The first-order valence-corrected chi connectivity index (χ1v) is 10.9. The summed E-state index contributed by atoms with van der Waals surface area (Å²) in [4.78, 5) is 17.1. The molecule has 1 N–H and O–H groups in total. The number of piperazine rings is 1. The molecule has 1 aliphatic rings. The molecule has 33 heavy (non-hydrogen) atoms. The molecule has 1 fully saturated rings. The van der Waals surface area contributed by atoms with Gasteiger partial charge < -0.3 is 10.2 Å². The summed E-state index contributed by atoms with van der Waals surface area (Å²) in [7, 11) is 0. The molecule has 1 saturated heterocycles. The van der Waals surface area contributed by atoms with E-state index < -0.39 is 12.7 Å². The van der Waals surface area contributed by atoms with Crippen molar-refractivity contribution in [2.45, 2.75) is 6.18 Å². The Hall–Kier alpha value is -2.82. The molecule has 4 aromatic rings. The van der Waals surface area contributed by atoms with Crippen LogP contribution in [-0.4, -0.2) is 63.2 Å². The Morgan fingerprint density at radius 3 is 2.39 bits per heavy atom. The van der Waals surface area contributed by atoms with Crippen molar-refractivity contribution in [1.82, 2.24) is 24.3 Å². The maximum absolute atomic E-state index is 12.7. The van der Waals surface area contributed by atoms with Gasteiger partial charge in [0.25, 0.3) is 0 Å². The molecule has 172 valence electrons. The van der Waals surface area contributed by atoms with Crippen LogP contribution in [0.25, 0.3) is 16.7 Å². The number of imidazole rings is 1. The highest BCUT2D eigenvalue weighted by molar-refractivity contribution is 6.39. The molecule has 0 unspecified atom stereocenters. The van der Waals surface area contributed by atoms with Crippen molar-refractivity contribution in [1.29, 1.82) is 0 Å². The molecular weight excluding hydrogens is 478 g/mol. The van der Waals surface area contributed by atoms with Crippen LogP contribution in [0.5, 0.6) is 0 Å². The third-order valence-corrected chi connectivity index (χ3v) is 6.12. The Bertz CT molecular complexity index is 1300. The maximum Gasteiger partial charge on any atom is 0.401 e. The summed E-state index contributed by atoms with van der Waals surface area (Å²) in [5.74, 6) is 1.20. The standard InChI is InChI=1S/C21H18Cl2F3N7/c22-13-2-1-3-14(23)18(13)30-19-16-10-27-12-33(16)20-15(28-19)4-5-17(29-20)32-8-6-31(7-9-32)11-21(24,25)26/h1-5,10,12H,6-9,11H2,(H,28,30). The van der Waals surface area contributed by atoms with E-state index in [1.165, 1.54) is 4.90 Å². The van der Waals surface area contributed by atoms with E-state index >= 15 is 0 Å². The minimum Gasteiger partial charge on any atom is -0.354 e. The number of benzene rings is 1. The van der Waals surface area contributed by atoms with E-state index in [1.807, 2.05) is 17.0 Å². The third-order valence-electron chi connectivity index (χ3n) is 5.49. The Labute approximate surface area is 196 Å². The van der Waals surface area contributed by atoms with Crippen molar-refractivity contribution in [3.8, 4) is 0 Å². The molecule has 12 heteroatoms. The van der Waals surface area contributed by atoms with Crippen LogP contribution in [0.2, 0.25) is 10.0 Å². The van der Waals surface area contributed by atoms with Crippen LogP contribution in [-0.2, 0) is 0 Å². The van der Waals surface area contributed by atoms with E-state index in [0.717, 1.165) is 0 Å². The van der Waals surface area contributed by atoms with E-state index in [0.29, 0.717) is 70.2 Å². The van der Waals surface area contributed by atoms with E-state index in [1.54, 1.807) is 35.1 Å². The lowest BCUT2D eigenvalue weighted by atomic mass is 10.3. The SMILES string of the molecule is FC(F)(F)CN1CCN(c2ccc3nc(Nc4c(Cl)cccc4Cl)c4cncn4c3n2)CC1. The van der Waals surface area contributed by atoms with Crippen LogP contribution in [0.4, 0.5) is 30.5 Å². The maximum atomic E-state index is 12.7. The fourth-order valence-electron chi connectivity index (χ4n) is 3.90. The van der Waals surface area contributed by atoms with Crippen LogP contribution in [0.1, 0.15) is 0 Å². The second-order valence-corrected chi connectivity index (χ2v) is 8.54. The number of anilines is 3. The van der Waals surface area contributed by atoms with Crippen molar-refractivity contribution in [3.05, 3.63) is 52.9 Å². The number of aromatic nitrogens is 4. The molecule has 0 amide bonds. The van der Waals surface area contributed by atoms with E-state index in [9.17, 15) is 13.2 Å². The molecule has 5 rings (SSSR count). The number of hydrogen-bond acceptors (Lipinski definition) is 6. The smallest absolute Gasteiger partial charge is 0.354 e.